The van der Waals surface area contributed by atoms with Crippen molar-refractivity contribution in [1.29, 1.82) is 0 Å². The van der Waals surface area contributed by atoms with E-state index >= 15 is 0 Å². The zero-order chi connectivity index (χ0) is 11.7. The summed E-state index contributed by atoms with van der Waals surface area (Å²) in [5.74, 6) is 1.60. The largest absolute Gasteiger partial charge is 0.454 e. The van der Waals surface area contributed by atoms with Gasteiger partial charge in [0.05, 0.1) is 0 Å². The van der Waals surface area contributed by atoms with Gasteiger partial charge in [-0.2, -0.15) is 0 Å². The minimum atomic E-state index is -0.173. The topological polar surface area (TPSA) is 30.5 Å². The number of hydrogen-bond donors (Lipinski definition) is 1. The van der Waals surface area contributed by atoms with Gasteiger partial charge in [-0.25, -0.2) is 4.39 Å². The van der Waals surface area contributed by atoms with Crippen molar-refractivity contribution >= 4 is 0 Å². The Morgan fingerprint density at radius 3 is 2.65 bits per heavy atom. The molecule has 3 nitrogen and oxygen atoms in total. The number of piperidine rings is 1. The Morgan fingerprint density at radius 2 is 1.88 bits per heavy atom. The molecule has 1 saturated heterocycles. The van der Waals surface area contributed by atoms with Crippen LogP contribution in [0.1, 0.15) is 18.4 Å². The summed E-state index contributed by atoms with van der Waals surface area (Å²) >= 11 is 0. The molecule has 1 aromatic carbocycles. The average Bonchev–Trinajstić information content (AvgIpc) is 2.78. The Labute approximate surface area is 99.9 Å². The van der Waals surface area contributed by atoms with Crippen molar-refractivity contribution in [3.05, 3.63) is 23.5 Å². The van der Waals surface area contributed by atoms with Crippen molar-refractivity contribution in [2.75, 3.05) is 19.9 Å². The summed E-state index contributed by atoms with van der Waals surface area (Å²) in [5, 5.41) is 3.32. The van der Waals surface area contributed by atoms with Crippen LogP contribution in [0.2, 0.25) is 0 Å². The first-order chi connectivity index (χ1) is 8.33. The van der Waals surface area contributed by atoms with E-state index in [1.165, 1.54) is 6.07 Å². The lowest BCUT2D eigenvalue weighted by molar-refractivity contribution is 0.174. The van der Waals surface area contributed by atoms with Crippen LogP contribution in [0.3, 0.4) is 0 Å². The predicted octanol–water partition coefficient (Wildman–Crippen LogP) is 2.10. The SMILES string of the molecule is Fc1cc2c(cc1CC1CCNCC1)OCO2. The number of fused-ring (bicyclic) bond motifs is 1. The van der Waals surface area contributed by atoms with Gasteiger partial charge in [-0.3, -0.25) is 0 Å². The van der Waals surface area contributed by atoms with Gasteiger partial charge in [-0.1, -0.05) is 0 Å². The summed E-state index contributed by atoms with van der Waals surface area (Å²) in [6.45, 7) is 2.28. The second-order valence-electron chi connectivity index (χ2n) is 4.69. The first-order valence-corrected chi connectivity index (χ1v) is 6.11. The van der Waals surface area contributed by atoms with Gasteiger partial charge in [0, 0.05) is 6.07 Å². The molecule has 1 aromatic rings. The van der Waals surface area contributed by atoms with Crippen LogP contribution in [0.15, 0.2) is 12.1 Å². The zero-order valence-electron chi connectivity index (χ0n) is 9.67. The van der Waals surface area contributed by atoms with E-state index in [-0.39, 0.29) is 12.6 Å². The van der Waals surface area contributed by atoms with Crippen LogP contribution in [0.5, 0.6) is 11.5 Å². The van der Waals surface area contributed by atoms with E-state index in [0.29, 0.717) is 17.4 Å². The number of hydrogen-bond acceptors (Lipinski definition) is 3. The molecule has 92 valence electrons. The Kier molecular flexibility index (Phi) is 2.89. The number of benzene rings is 1. The van der Waals surface area contributed by atoms with Crippen LogP contribution in [0, 0.1) is 11.7 Å². The molecule has 0 bridgehead atoms. The van der Waals surface area contributed by atoms with Crippen molar-refractivity contribution in [3.63, 3.8) is 0 Å². The van der Waals surface area contributed by atoms with E-state index in [0.717, 1.165) is 37.9 Å². The van der Waals surface area contributed by atoms with E-state index < -0.39 is 0 Å². The monoisotopic (exact) mass is 237 g/mol. The Bertz CT molecular complexity index is 416. The third-order valence-electron chi connectivity index (χ3n) is 3.51. The Hall–Kier alpha value is -1.29. The molecule has 2 aliphatic rings. The fourth-order valence-electron chi connectivity index (χ4n) is 2.51. The maximum atomic E-state index is 13.8. The highest BCUT2D eigenvalue weighted by atomic mass is 19.1. The third-order valence-corrected chi connectivity index (χ3v) is 3.51. The number of nitrogens with one attached hydrogen (secondary N) is 1. The molecule has 0 unspecified atom stereocenters. The molecular formula is C13H16FNO2. The quantitative estimate of drug-likeness (QED) is 0.854. The summed E-state index contributed by atoms with van der Waals surface area (Å²) in [5.41, 5.74) is 0.751. The number of halogens is 1. The van der Waals surface area contributed by atoms with E-state index in [4.69, 9.17) is 9.47 Å². The van der Waals surface area contributed by atoms with E-state index in [1.54, 1.807) is 6.07 Å². The molecular weight excluding hydrogens is 221 g/mol. The summed E-state index contributed by atoms with van der Waals surface area (Å²) in [7, 11) is 0. The van der Waals surface area contributed by atoms with Crippen LogP contribution >= 0.6 is 0 Å². The first-order valence-electron chi connectivity index (χ1n) is 6.11. The Balaban J connectivity index is 1.78. The van der Waals surface area contributed by atoms with E-state index in [9.17, 15) is 4.39 Å². The van der Waals surface area contributed by atoms with Crippen molar-refractivity contribution in [1.82, 2.24) is 5.32 Å². The van der Waals surface area contributed by atoms with Gasteiger partial charge in [0.15, 0.2) is 11.5 Å². The minimum Gasteiger partial charge on any atom is -0.454 e. The molecule has 0 atom stereocenters. The first kappa shape index (κ1) is 10.8. The van der Waals surface area contributed by atoms with Gasteiger partial charge < -0.3 is 14.8 Å². The molecule has 17 heavy (non-hydrogen) atoms. The lowest BCUT2D eigenvalue weighted by atomic mass is 9.90. The van der Waals surface area contributed by atoms with Crippen molar-refractivity contribution in [2.45, 2.75) is 19.3 Å². The molecule has 0 amide bonds. The third kappa shape index (κ3) is 2.22. The van der Waals surface area contributed by atoms with Gasteiger partial charge in [-0.15, -0.1) is 0 Å². The summed E-state index contributed by atoms with van der Waals surface area (Å²) < 4.78 is 24.3. The molecule has 2 aliphatic heterocycles. The number of rotatable bonds is 2. The highest BCUT2D eigenvalue weighted by Crippen LogP contribution is 2.35. The van der Waals surface area contributed by atoms with Crippen LogP contribution in [-0.2, 0) is 6.42 Å². The lowest BCUT2D eigenvalue weighted by Crippen LogP contribution is -2.28. The van der Waals surface area contributed by atoms with Gasteiger partial charge in [0.25, 0.3) is 0 Å². The smallest absolute Gasteiger partial charge is 0.231 e. The molecule has 0 spiro atoms. The molecule has 3 rings (SSSR count). The molecule has 2 heterocycles. The van der Waals surface area contributed by atoms with Gasteiger partial charge in [0.1, 0.15) is 5.82 Å². The molecule has 1 N–H and O–H groups in total. The molecule has 0 aliphatic carbocycles. The van der Waals surface area contributed by atoms with Crippen LogP contribution < -0.4 is 14.8 Å². The molecule has 4 heteroatoms. The van der Waals surface area contributed by atoms with Crippen LogP contribution in [0.4, 0.5) is 4.39 Å². The highest BCUT2D eigenvalue weighted by Gasteiger charge is 2.20. The normalized spacial score (nSPS) is 19.6. The average molecular weight is 237 g/mol. The second kappa shape index (κ2) is 4.53. The van der Waals surface area contributed by atoms with Crippen LogP contribution in [0.25, 0.3) is 0 Å². The zero-order valence-corrected chi connectivity index (χ0v) is 9.67. The van der Waals surface area contributed by atoms with Gasteiger partial charge >= 0.3 is 0 Å². The summed E-state index contributed by atoms with van der Waals surface area (Å²) in [4.78, 5) is 0. The fraction of sp³-hybridized carbons (Fsp3) is 0.538. The highest BCUT2D eigenvalue weighted by molar-refractivity contribution is 5.45. The minimum absolute atomic E-state index is 0.173. The van der Waals surface area contributed by atoms with Gasteiger partial charge in [-0.05, 0) is 49.9 Å². The maximum absolute atomic E-state index is 13.8. The maximum Gasteiger partial charge on any atom is 0.231 e. The number of ether oxygens (including phenoxy) is 2. The molecule has 0 saturated carbocycles. The van der Waals surface area contributed by atoms with Crippen molar-refractivity contribution in [3.8, 4) is 11.5 Å². The van der Waals surface area contributed by atoms with E-state index in [2.05, 4.69) is 5.32 Å². The predicted molar refractivity (Wildman–Crippen MR) is 61.8 cm³/mol. The molecule has 0 aromatic heterocycles. The van der Waals surface area contributed by atoms with E-state index in [1.807, 2.05) is 0 Å². The lowest BCUT2D eigenvalue weighted by Gasteiger charge is -2.22. The van der Waals surface area contributed by atoms with Crippen LogP contribution in [-0.4, -0.2) is 19.9 Å². The van der Waals surface area contributed by atoms with Gasteiger partial charge in [0.2, 0.25) is 6.79 Å². The van der Waals surface area contributed by atoms with Crippen molar-refractivity contribution in [2.24, 2.45) is 5.92 Å². The molecule has 1 fully saturated rings. The standard InChI is InChI=1S/C13H16FNO2/c14-11-7-13-12(16-8-17-13)6-10(11)5-9-1-3-15-4-2-9/h6-7,9,15H,1-5,8H2. The second-order valence-corrected chi connectivity index (χ2v) is 4.69. The fourth-order valence-corrected chi connectivity index (χ4v) is 2.51. The summed E-state index contributed by atoms with van der Waals surface area (Å²) in [6, 6.07) is 3.23. The Morgan fingerprint density at radius 1 is 1.18 bits per heavy atom. The summed E-state index contributed by atoms with van der Waals surface area (Å²) in [6.07, 6.45) is 3.03. The molecule has 0 radical (unpaired) electrons. The van der Waals surface area contributed by atoms with Crippen molar-refractivity contribution < 1.29 is 13.9 Å².